The Labute approximate surface area is 231 Å². The summed E-state index contributed by atoms with van der Waals surface area (Å²) in [5, 5.41) is 1.05. The Morgan fingerprint density at radius 2 is 1.34 bits per heavy atom. The number of anilines is 2. The lowest BCUT2D eigenvalue weighted by Gasteiger charge is -2.25. The highest BCUT2D eigenvalue weighted by molar-refractivity contribution is 8.05. The van der Waals surface area contributed by atoms with Gasteiger partial charge in [0.05, 0.1) is 10.2 Å². The first kappa shape index (κ1) is 27.1. The number of hydrogen-bond donors (Lipinski definition) is 0. The molecule has 2 aromatic carbocycles. The quantitative estimate of drug-likeness (QED) is 0.329. The van der Waals surface area contributed by atoms with E-state index in [9.17, 15) is 0 Å². The lowest BCUT2D eigenvalue weighted by atomic mass is 10.2. The highest BCUT2D eigenvalue weighted by Gasteiger charge is 2.08. The number of hydrogen-bond acceptors (Lipinski definition) is 8. The van der Waals surface area contributed by atoms with Crippen molar-refractivity contribution in [2.75, 3.05) is 83.0 Å². The topological polar surface area (TPSA) is 19.4 Å². The van der Waals surface area contributed by atoms with Crippen LogP contribution in [0.25, 0.3) is 22.4 Å². The second-order valence-corrected chi connectivity index (χ2v) is 14.4. The summed E-state index contributed by atoms with van der Waals surface area (Å²) >= 11 is 10.2. The number of benzene rings is 2. The monoisotopic (exact) mass is 561 g/mol. The molecule has 1 saturated heterocycles. The van der Waals surface area contributed by atoms with E-state index < -0.39 is 0 Å². The van der Waals surface area contributed by atoms with Gasteiger partial charge in [0.1, 0.15) is 5.01 Å². The minimum atomic E-state index is 1.05. The number of thiazole rings is 1. The molecule has 0 N–H and O–H groups in total. The number of rotatable bonds is 4. The Balaban J connectivity index is 1.37. The summed E-state index contributed by atoms with van der Waals surface area (Å²) in [7, 11) is 4.15. The highest BCUT2D eigenvalue weighted by Crippen LogP contribution is 2.28. The van der Waals surface area contributed by atoms with E-state index >= 15 is 0 Å². The van der Waals surface area contributed by atoms with Gasteiger partial charge in [0.15, 0.2) is 0 Å². The number of nitrogens with zero attached hydrogens (tertiary/aromatic N) is 3. The van der Waals surface area contributed by atoms with Crippen LogP contribution in [0.15, 0.2) is 42.5 Å². The summed E-state index contributed by atoms with van der Waals surface area (Å²) in [5.41, 5.74) is 4.84. The van der Waals surface area contributed by atoms with Crippen LogP contribution in [0.1, 0.15) is 10.6 Å². The third-order valence-electron chi connectivity index (χ3n) is 5.71. The number of aromatic nitrogens is 1. The minimum absolute atomic E-state index is 1.05. The van der Waals surface area contributed by atoms with Gasteiger partial charge in [-0.25, -0.2) is 4.98 Å². The standard InChI is InChI=1S/C27H35N3S5/c1-29(2)24-8-9-25-26(21-24)35-27(28-25)10-5-22-3-6-23(7-4-22)30-11-13-31-15-17-33-19-20-34-18-16-32-14-12-30/h3-10,21H,11-20H2,1-2H3/b10-5+. The molecule has 0 bridgehead atoms. The van der Waals surface area contributed by atoms with Gasteiger partial charge < -0.3 is 9.80 Å². The van der Waals surface area contributed by atoms with Gasteiger partial charge in [-0.05, 0) is 42.0 Å². The first-order valence-corrected chi connectivity index (χ1v) is 17.5. The van der Waals surface area contributed by atoms with Crippen molar-refractivity contribution in [1.82, 2.24) is 4.98 Å². The second kappa shape index (κ2) is 14.7. The van der Waals surface area contributed by atoms with Gasteiger partial charge in [-0.2, -0.15) is 47.0 Å². The average molecular weight is 562 g/mol. The third kappa shape index (κ3) is 8.85. The summed E-state index contributed by atoms with van der Waals surface area (Å²) in [6.07, 6.45) is 4.32. The molecule has 35 heavy (non-hydrogen) atoms. The summed E-state index contributed by atoms with van der Waals surface area (Å²) in [5.74, 6) is 10.1. The van der Waals surface area contributed by atoms with E-state index in [1.54, 1.807) is 11.3 Å². The molecule has 1 fully saturated rings. The van der Waals surface area contributed by atoms with Crippen LogP contribution in [0.3, 0.4) is 0 Å². The first-order chi connectivity index (χ1) is 17.2. The molecule has 3 nitrogen and oxygen atoms in total. The molecule has 0 unspecified atom stereocenters. The minimum Gasteiger partial charge on any atom is -0.378 e. The van der Waals surface area contributed by atoms with Crippen molar-refractivity contribution in [2.45, 2.75) is 0 Å². The van der Waals surface area contributed by atoms with Crippen molar-refractivity contribution in [3.8, 4) is 0 Å². The molecule has 0 spiro atoms. The number of thioether (sulfide) groups is 4. The van der Waals surface area contributed by atoms with Crippen LogP contribution >= 0.6 is 58.4 Å². The summed E-state index contributed by atoms with van der Waals surface area (Å²) in [6, 6.07) is 15.5. The zero-order chi connectivity index (χ0) is 24.3. The zero-order valence-electron chi connectivity index (χ0n) is 20.7. The predicted molar refractivity (Wildman–Crippen MR) is 171 cm³/mol. The van der Waals surface area contributed by atoms with E-state index in [1.165, 1.54) is 67.7 Å². The summed E-state index contributed by atoms with van der Waals surface area (Å²) < 4.78 is 1.23. The van der Waals surface area contributed by atoms with Crippen molar-refractivity contribution in [3.63, 3.8) is 0 Å². The maximum absolute atomic E-state index is 4.79. The molecule has 1 aromatic heterocycles. The lowest BCUT2D eigenvalue weighted by molar-refractivity contribution is 0.879. The Kier molecular flexibility index (Phi) is 11.4. The SMILES string of the molecule is CN(C)c1ccc2nc(/C=C/c3ccc(N4CCSCCSCCSCCSCC4)cc3)sc2c1. The van der Waals surface area contributed by atoms with E-state index in [0.29, 0.717) is 0 Å². The van der Waals surface area contributed by atoms with Crippen LogP contribution in [-0.4, -0.2) is 78.2 Å². The molecular formula is C27H35N3S5. The van der Waals surface area contributed by atoms with Crippen molar-refractivity contribution in [1.29, 1.82) is 0 Å². The van der Waals surface area contributed by atoms with Gasteiger partial charge >= 0.3 is 0 Å². The maximum atomic E-state index is 4.79. The van der Waals surface area contributed by atoms with E-state index in [2.05, 4.69) is 126 Å². The molecule has 0 radical (unpaired) electrons. The molecule has 188 valence electrons. The fraction of sp³-hybridized carbons (Fsp3) is 0.444. The van der Waals surface area contributed by atoms with Gasteiger partial charge in [0.2, 0.25) is 0 Å². The van der Waals surface area contributed by atoms with Crippen LogP contribution in [0, 0.1) is 0 Å². The third-order valence-corrected chi connectivity index (χ3v) is 11.4. The van der Waals surface area contributed by atoms with Crippen LogP contribution in [-0.2, 0) is 0 Å². The van der Waals surface area contributed by atoms with Crippen LogP contribution < -0.4 is 9.80 Å². The maximum Gasteiger partial charge on any atom is 0.117 e. The molecule has 8 heteroatoms. The van der Waals surface area contributed by atoms with Crippen LogP contribution in [0.2, 0.25) is 0 Å². The molecule has 2 heterocycles. The molecule has 1 aliphatic rings. The fourth-order valence-corrected chi connectivity index (χ4v) is 8.97. The van der Waals surface area contributed by atoms with Crippen LogP contribution in [0.5, 0.6) is 0 Å². The summed E-state index contributed by atoms with van der Waals surface area (Å²) in [4.78, 5) is 9.49. The van der Waals surface area contributed by atoms with Gasteiger partial charge in [0, 0.05) is 84.6 Å². The van der Waals surface area contributed by atoms with Crippen molar-refractivity contribution >= 4 is 92.1 Å². The average Bonchev–Trinajstić information content (AvgIpc) is 3.28. The van der Waals surface area contributed by atoms with Gasteiger partial charge in [-0.1, -0.05) is 18.2 Å². The molecule has 4 rings (SSSR count). The van der Waals surface area contributed by atoms with E-state index in [0.717, 1.165) is 23.6 Å². The molecule has 0 saturated carbocycles. The second-order valence-electron chi connectivity index (χ2n) is 8.46. The molecule has 0 atom stereocenters. The molecular weight excluding hydrogens is 527 g/mol. The first-order valence-electron chi connectivity index (χ1n) is 12.1. The predicted octanol–water partition coefficient (Wildman–Crippen LogP) is 7.29. The molecule has 0 aliphatic carbocycles. The van der Waals surface area contributed by atoms with Crippen molar-refractivity contribution < 1.29 is 0 Å². The van der Waals surface area contributed by atoms with Crippen molar-refractivity contribution in [2.24, 2.45) is 0 Å². The van der Waals surface area contributed by atoms with Crippen molar-refractivity contribution in [3.05, 3.63) is 53.0 Å². The highest BCUT2D eigenvalue weighted by atomic mass is 32.2. The van der Waals surface area contributed by atoms with E-state index in [1.807, 2.05) is 0 Å². The van der Waals surface area contributed by atoms with Gasteiger partial charge in [-0.3, -0.25) is 0 Å². The molecule has 3 aromatic rings. The summed E-state index contributed by atoms with van der Waals surface area (Å²) in [6.45, 7) is 2.25. The molecule has 1 aliphatic heterocycles. The zero-order valence-corrected chi connectivity index (χ0v) is 24.7. The van der Waals surface area contributed by atoms with Crippen LogP contribution in [0.4, 0.5) is 11.4 Å². The normalized spacial score (nSPS) is 17.4. The van der Waals surface area contributed by atoms with E-state index in [-0.39, 0.29) is 0 Å². The van der Waals surface area contributed by atoms with Gasteiger partial charge in [-0.15, -0.1) is 11.3 Å². The van der Waals surface area contributed by atoms with Gasteiger partial charge in [0.25, 0.3) is 0 Å². The Bertz CT molecular complexity index is 1050. The number of fused-ring (bicyclic) bond motifs is 1. The Morgan fingerprint density at radius 1 is 0.743 bits per heavy atom. The largest absolute Gasteiger partial charge is 0.378 e. The lowest BCUT2D eigenvalue weighted by Crippen LogP contribution is -2.28. The van der Waals surface area contributed by atoms with E-state index in [4.69, 9.17) is 4.98 Å². The Hall–Kier alpha value is -0.930. The smallest absolute Gasteiger partial charge is 0.117 e. The molecule has 0 amide bonds. The Morgan fingerprint density at radius 3 is 1.94 bits per heavy atom. The fourth-order valence-electron chi connectivity index (χ4n) is 3.73.